The van der Waals surface area contributed by atoms with E-state index in [1.165, 1.54) is 18.2 Å². The summed E-state index contributed by atoms with van der Waals surface area (Å²) in [5.41, 5.74) is 4.23. The van der Waals surface area contributed by atoms with Crippen molar-refractivity contribution in [2.45, 2.75) is 13.1 Å². The zero-order valence-electron chi connectivity index (χ0n) is 11.1. The third kappa shape index (κ3) is 6.26. The van der Waals surface area contributed by atoms with Gasteiger partial charge in [0.25, 0.3) is 5.91 Å². The molecule has 1 rings (SSSR count). The van der Waals surface area contributed by atoms with E-state index in [1.807, 2.05) is 6.92 Å². The number of thiocarbonyl (C=S) groups is 1. The first kappa shape index (κ1) is 17.0. The molecule has 1 amide bonds. The molecule has 0 saturated carbocycles. The molecule has 0 heterocycles. The van der Waals surface area contributed by atoms with Crippen LogP contribution in [0.15, 0.2) is 30.3 Å². The second-order valence-electron chi connectivity index (χ2n) is 3.93. The standard InChI is InChI=1S/C13H14F3N3OS/c1-2-17-12(21)19-18-11(20)7-6-9-4-3-5-10(8-9)13(14,15)16/h3-8H,2H2,1H3,(H,18,20)(H2,17,19,21). The first-order chi connectivity index (χ1) is 9.82. The van der Waals surface area contributed by atoms with E-state index in [9.17, 15) is 18.0 Å². The Labute approximate surface area is 125 Å². The Morgan fingerprint density at radius 3 is 2.67 bits per heavy atom. The van der Waals surface area contributed by atoms with Crippen LogP contribution in [0.1, 0.15) is 18.1 Å². The van der Waals surface area contributed by atoms with Gasteiger partial charge in [-0.3, -0.25) is 15.6 Å². The Balaban J connectivity index is 2.60. The minimum atomic E-state index is -4.41. The molecule has 0 aliphatic rings. The SMILES string of the molecule is CCNC(=S)NNC(=O)C=Cc1cccc(C(F)(F)F)c1. The quantitative estimate of drug-likeness (QED) is 0.455. The summed E-state index contributed by atoms with van der Waals surface area (Å²) >= 11 is 4.82. The first-order valence-corrected chi connectivity index (χ1v) is 6.43. The van der Waals surface area contributed by atoms with Gasteiger partial charge in [-0.1, -0.05) is 12.1 Å². The molecule has 0 radical (unpaired) electrons. The molecule has 1 aromatic carbocycles. The zero-order chi connectivity index (χ0) is 15.9. The Morgan fingerprint density at radius 1 is 1.33 bits per heavy atom. The number of carbonyl (C=O) groups excluding carboxylic acids is 1. The van der Waals surface area contributed by atoms with Crippen LogP contribution in [-0.2, 0) is 11.0 Å². The maximum atomic E-state index is 12.5. The number of nitrogens with one attached hydrogen (secondary N) is 3. The summed E-state index contributed by atoms with van der Waals surface area (Å²) in [4.78, 5) is 11.4. The van der Waals surface area contributed by atoms with E-state index < -0.39 is 17.6 Å². The van der Waals surface area contributed by atoms with Crippen LogP contribution < -0.4 is 16.2 Å². The van der Waals surface area contributed by atoms with Gasteiger partial charge < -0.3 is 5.32 Å². The highest BCUT2D eigenvalue weighted by Crippen LogP contribution is 2.29. The van der Waals surface area contributed by atoms with E-state index in [-0.39, 0.29) is 10.7 Å². The second-order valence-corrected chi connectivity index (χ2v) is 4.34. The number of amides is 1. The van der Waals surface area contributed by atoms with Crippen molar-refractivity contribution >= 4 is 29.3 Å². The minimum absolute atomic E-state index is 0.248. The Bertz CT molecular complexity index is 544. The number of carbonyl (C=O) groups is 1. The number of benzene rings is 1. The van der Waals surface area contributed by atoms with Gasteiger partial charge in [0, 0.05) is 12.6 Å². The molecule has 0 bridgehead atoms. The second kappa shape index (κ2) is 7.63. The molecule has 0 aliphatic carbocycles. The van der Waals surface area contributed by atoms with Gasteiger partial charge in [-0.05, 0) is 42.9 Å². The van der Waals surface area contributed by atoms with Crippen molar-refractivity contribution in [3.05, 3.63) is 41.5 Å². The van der Waals surface area contributed by atoms with Crippen LogP contribution in [-0.4, -0.2) is 17.6 Å². The summed E-state index contributed by atoms with van der Waals surface area (Å²) in [7, 11) is 0. The van der Waals surface area contributed by atoms with Crippen molar-refractivity contribution in [3.63, 3.8) is 0 Å². The third-order valence-corrected chi connectivity index (χ3v) is 2.52. The summed E-state index contributed by atoms with van der Waals surface area (Å²) in [6, 6.07) is 4.67. The predicted octanol–water partition coefficient (Wildman–Crippen LogP) is 2.23. The number of hydrogen-bond acceptors (Lipinski definition) is 2. The molecule has 1 aromatic rings. The highest BCUT2D eigenvalue weighted by molar-refractivity contribution is 7.80. The number of alkyl halides is 3. The third-order valence-electron chi connectivity index (χ3n) is 2.28. The van der Waals surface area contributed by atoms with Gasteiger partial charge >= 0.3 is 6.18 Å². The van der Waals surface area contributed by atoms with Gasteiger partial charge in [0.2, 0.25) is 0 Å². The van der Waals surface area contributed by atoms with Crippen LogP contribution in [0.3, 0.4) is 0 Å². The summed E-state index contributed by atoms with van der Waals surface area (Å²) < 4.78 is 37.5. The fourth-order valence-electron chi connectivity index (χ4n) is 1.36. The van der Waals surface area contributed by atoms with E-state index in [1.54, 1.807) is 0 Å². The van der Waals surface area contributed by atoms with E-state index in [0.29, 0.717) is 6.54 Å². The number of halogens is 3. The average molecular weight is 317 g/mol. The van der Waals surface area contributed by atoms with Crippen molar-refractivity contribution in [1.82, 2.24) is 16.2 Å². The van der Waals surface area contributed by atoms with Crippen LogP contribution in [0.4, 0.5) is 13.2 Å². The maximum absolute atomic E-state index is 12.5. The van der Waals surface area contributed by atoms with Crippen LogP contribution >= 0.6 is 12.2 Å². The Kier molecular flexibility index (Phi) is 6.16. The summed E-state index contributed by atoms with van der Waals surface area (Å²) in [5, 5.41) is 3.00. The van der Waals surface area contributed by atoms with Gasteiger partial charge in [0.15, 0.2) is 5.11 Å². The zero-order valence-corrected chi connectivity index (χ0v) is 11.9. The lowest BCUT2D eigenvalue weighted by Gasteiger charge is -2.08. The summed E-state index contributed by atoms with van der Waals surface area (Å²) in [5.74, 6) is -0.535. The van der Waals surface area contributed by atoms with E-state index in [0.717, 1.165) is 18.2 Å². The molecule has 3 N–H and O–H groups in total. The minimum Gasteiger partial charge on any atom is -0.362 e. The van der Waals surface area contributed by atoms with Crippen molar-refractivity contribution in [2.24, 2.45) is 0 Å². The molecule has 0 spiro atoms. The van der Waals surface area contributed by atoms with E-state index in [4.69, 9.17) is 12.2 Å². The number of hydrogen-bond donors (Lipinski definition) is 3. The largest absolute Gasteiger partial charge is 0.416 e. The summed E-state index contributed by atoms with van der Waals surface area (Å²) in [6.45, 7) is 2.44. The molecule has 21 heavy (non-hydrogen) atoms. The van der Waals surface area contributed by atoms with E-state index >= 15 is 0 Å². The van der Waals surface area contributed by atoms with Crippen molar-refractivity contribution in [3.8, 4) is 0 Å². The van der Waals surface area contributed by atoms with Crippen LogP contribution in [0.2, 0.25) is 0 Å². The predicted molar refractivity (Wildman–Crippen MR) is 78.0 cm³/mol. The van der Waals surface area contributed by atoms with Crippen LogP contribution in [0.25, 0.3) is 6.08 Å². The van der Waals surface area contributed by atoms with Gasteiger partial charge in [-0.15, -0.1) is 0 Å². The normalized spacial score (nSPS) is 11.2. The number of hydrazine groups is 1. The molecule has 0 unspecified atom stereocenters. The summed E-state index contributed by atoms with van der Waals surface area (Å²) in [6.07, 6.45) is -2.02. The van der Waals surface area contributed by atoms with E-state index in [2.05, 4.69) is 16.2 Å². The average Bonchev–Trinajstić information content (AvgIpc) is 2.42. The fourth-order valence-corrected chi connectivity index (χ4v) is 1.55. The van der Waals surface area contributed by atoms with Gasteiger partial charge in [-0.2, -0.15) is 13.2 Å². The fraction of sp³-hybridized carbons (Fsp3) is 0.231. The van der Waals surface area contributed by atoms with Gasteiger partial charge in [-0.25, -0.2) is 0 Å². The van der Waals surface area contributed by atoms with Crippen LogP contribution in [0, 0.1) is 0 Å². The molecular weight excluding hydrogens is 303 g/mol. The molecule has 8 heteroatoms. The lowest BCUT2D eigenvalue weighted by atomic mass is 10.1. The lowest BCUT2D eigenvalue weighted by molar-refractivity contribution is -0.137. The van der Waals surface area contributed by atoms with Gasteiger partial charge in [0.05, 0.1) is 5.56 Å². The highest BCUT2D eigenvalue weighted by Gasteiger charge is 2.30. The van der Waals surface area contributed by atoms with Crippen LogP contribution in [0.5, 0.6) is 0 Å². The van der Waals surface area contributed by atoms with Crippen molar-refractivity contribution in [2.75, 3.05) is 6.54 Å². The topological polar surface area (TPSA) is 53.2 Å². The molecule has 0 fully saturated rings. The molecule has 0 aromatic heterocycles. The van der Waals surface area contributed by atoms with Crippen molar-refractivity contribution in [1.29, 1.82) is 0 Å². The monoisotopic (exact) mass is 317 g/mol. The smallest absolute Gasteiger partial charge is 0.362 e. The van der Waals surface area contributed by atoms with Crippen molar-refractivity contribution < 1.29 is 18.0 Å². The number of rotatable bonds is 3. The molecule has 0 atom stereocenters. The highest BCUT2D eigenvalue weighted by atomic mass is 32.1. The maximum Gasteiger partial charge on any atom is 0.416 e. The lowest BCUT2D eigenvalue weighted by Crippen LogP contribution is -2.46. The first-order valence-electron chi connectivity index (χ1n) is 6.02. The Morgan fingerprint density at radius 2 is 2.05 bits per heavy atom. The molecular formula is C13H14F3N3OS. The molecule has 0 saturated heterocycles. The Hall–Kier alpha value is -2.09. The molecule has 0 aliphatic heterocycles. The van der Waals surface area contributed by atoms with Gasteiger partial charge in [0.1, 0.15) is 0 Å². The molecule has 114 valence electrons. The molecule has 4 nitrogen and oxygen atoms in total.